The summed E-state index contributed by atoms with van der Waals surface area (Å²) in [4.78, 5) is 2.53. The molecule has 0 amide bonds. The summed E-state index contributed by atoms with van der Waals surface area (Å²) in [7, 11) is 0. The molecule has 0 radical (unpaired) electrons. The first-order chi connectivity index (χ1) is 7.72. The van der Waals surface area contributed by atoms with Crippen LogP contribution < -0.4 is 5.32 Å². The summed E-state index contributed by atoms with van der Waals surface area (Å²) in [5.41, 5.74) is 0. The highest BCUT2D eigenvalue weighted by atomic mass is 16.5. The molecule has 1 fully saturated rings. The van der Waals surface area contributed by atoms with E-state index in [2.05, 4.69) is 31.0 Å². The van der Waals surface area contributed by atoms with Crippen LogP contribution in [0.3, 0.4) is 0 Å². The Labute approximate surface area is 101 Å². The molecule has 0 aromatic carbocycles. The van der Waals surface area contributed by atoms with Crippen molar-refractivity contribution < 1.29 is 4.74 Å². The van der Waals surface area contributed by atoms with Gasteiger partial charge in [0.2, 0.25) is 0 Å². The van der Waals surface area contributed by atoms with Gasteiger partial charge in [0.15, 0.2) is 0 Å². The third-order valence-corrected chi connectivity index (χ3v) is 3.05. The largest absolute Gasteiger partial charge is 0.377 e. The standard InChI is InChI=1S/C13H28N2O/c1-4-7-14-13-6-5-8-15(11-13)9-10-16-12(2)3/h12-14H,4-11H2,1-3H3. The Morgan fingerprint density at radius 2 is 2.25 bits per heavy atom. The maximum absolute atomic E-state index is 5.60. The van der Waals surface area contributed by atoms with E-state index in [1.807, 2.05) is 0 Å². The Morgan fingerprint density at radius 3 is 2.94 bits per heavy atom. The van der Waals surface area contributed by atoms with Crippen LogP contribution in [0.4, 0.5) is 0 Å². The molecule has 96 valence electrons. The van der Waals surface area contributed by atoms with Crippen molar-refractivity contribution in [1.82, 2.24) is 10.2 Å². The molecule has 1 atom stereocenters. The predicted octanol–water partition coefficient (Wildman–Crippen LogP) is 1.88. The summed E-state index contributed by atoms with van der Waals surface area (Å²) >= 11 is 0. The molecule has 0 aromatic heterocycles. The fraction of sp³-hybridized carbons (Fsp3) is 1.00. The molecule has 0 bridgehead atoms. The molecule has 16 heavy (non-hydrogen) atoms. The second-order valence-corrected chi connectivity index (χ2v) is 5.01. The van der Waals surface area contributed by atoms with E-state index >= 15 is 0 Å². The van der Waals surface area contributed by atoms with E-state index in [-0.39, 0.29) is 0 Å². The summed E-state index contributed by atoms with van der Waals surface area (Å²) in [5.74, 6) is 0. The van der Waals surface area contributed by atoms with Gasteiger partial charge in [0.05, 0.1) is 12.7 Å². The molecule has 1 N–H and O–H groups in total. The number of piperidine rings is 1. The molecule has 1 aliphatic rings. The lowest BCUT2D eigenvalue weighted by molar-refractivity contribution is 0.0515. The van der Waals surface area contributed by atoms with E-state index in [4.69, 9.17) is 4.74 Å². The molecule has 1 saturated heterocycles. The van der Waals surface area contributed by atoms with Gasteiger partial charge in [-0.15, -0.1) is 0 Å². The van der Waals surface area contributed by atoms with Crippen LogP contribution in [0.5, 0.6) is 0 Å². The van der Waals surface area contributed by atoms with Crippen LogP contribution in [-0.4, -0.2) is 49.8 Å². The third-order valence-electron chi connectivity index (χ3n) is 3.05. The number of hydrogen-bond donors (Lipinski definition) is 1. The first-order valence-corrected chi connectivity index (χ1v) is 6.79. The lowest BCUT2D eigenvalue weighted by Gasteiger charge is -2.33. The van der Waals surface area contributed by atoms with Crippen molar-refractivity contribution in [2.75, 3.05) is 32.8 Å². The summed E-state index contributed by atoms with van der Waals surface area (Å²) < 4.78 is 5.60. The number of ether oxygens (including phenoxy) is 1. The smallest absolute Gasteiger partial charge is 0.0596 e. The van der Waals surface area contributed by atoms with Crippen molar-refractivity contribution in [2.45, 2.75) is 52.2 Å². The van der Waals surface area contributed by atoms with Crippen LogP contribution in [0.25, 0.3) is 0 Å². The summed E-state index contributed by atoms with van der Waals surface area (Å²) in [6, 6.07) is 0.702. The summed E-state index contributed by atoms with van der Waals surface area (Å²) in [6.07, 6.45) is 4.25. The van der Waals surface area contributed by atoms with Crippen molar-refractivity contribution in [1.29, 1.82) is 0 Å². The molecule has 0 spiro atoms. The number of likely N-dealkylation sites (tertiary alicyclic amines) is 1. The summed E-state index contributed by atoms with van der Waals surface area (Å²) in [6.45, 7) is 12.0. The zero-order valence-corrected chi connectivity index (χ0v) is 11.2. The minimum atomic E-state index is 0.360. The Kier molecular flexibility index (Phi) is 7.01. The summed E-state index contributed by atoms with van der Waals surface area (Å²) in [5, 5.41) is 3.62. The van der Waals surface area contributed by atoms with E-state index in [1.54, 1.807) is 0 Å². The van der Waals surface area contributed by atoms with Gasteiger partial charge >= 0.3 is 0 Å². The minimum absolute atomic E-state index is 0.360. The van der Waals surface area contributed by atoms with Gasteiger partial charge in [-0.1, -0.05) is 6.92 Å². The number of nitrogens with zero attached hydrogens (tertiary/aromatic N) is 1. The van der Waals surface area contributed by atoms with E-state index in [1.165, 1.54) is 32.4 Å². The van der Waals surface area contributed by atoms with Crippen molar-refractivity contribution in [3.8, 4) is 0 Å². The highest BCUT2D eigenvalue weighted by molar-refractivity contribution is 4.77. The van der Waals surface area contributed by atoms with Gasteiger partial charge in [-0.3, -0.25) is 4.90 Å². The average Bonchev–Trinajstić information content (AvgIpc) is 2.26. The highest BCUT2D eigenvalue weighted by Crippen LogP contribution is 2.09. The molecular formula is C13H28N2O. The van der Waals surface area contributed by atoms with Crippen LogP contribution in [0, 0.1) is 0 Å². The van der Waals surface area contributed by atoms with Crippen LogP contribution in [0.1, 0.15) is 40.0 Å². The molecule has 1 rings (SSSR count). The predicted molar refractivity (Wildman–Crippen MR) is 68.8 cm³/mol. The van der Waals surface area contributed by atoms with E-state index in [0.29, 0.717) is 12.1 Å². The first kappa shape index (κ1) is 13.9. The first-order valence-electron chi connectivity index (χ1n) is 6.79. The van der Waals surface area contributed by atoms with E-state index in [9.17, 15) is 0 Å². The highest BCUT2D eigenvalue weighted by Gasteiger charge is 2.18. The lowest BCUT2D eigenvalue weighted by Crippen LogP contribution is -2.46. The Morgan fingerprint density at radius 1 is 1.44 bits per heavy atom. The molecule has 1 unspecified atom stereocenters. The van der Waals surface area contributed by atoms with Gasteiger partial charge < -0.3 is 10.1 Å². The van der Waals surface area contributed by atoms with Crippen LogP contribution >= 0.6 is 0 Å². The molecule has 1 heterocycles. The van der Waals surface area contributed by atoms with Crippen LogP contribution in [0.2, 0.25) is 0 Å². The van der Waals surface area contributed by atoms with Crippen molar-refractivity contribution in [3.05, 3.63) is 0 Å². The van der Waals surface area contributed by atoms with Crippen molar-refractivity contribution in [3.63, 3.8) is 0 Å². The molecule has 1 aliphatic heterocycles. The minimum Gasteiger partial charge on any atom is -0.377 e. The van der Waals surface area contributed by atoms with Gasteiger partial charge in [0, 0.05) is 19.1 Å². The Balaban J connectivity index is 2.12. The van der Waals surface area contributed by atoms with Gasteiger partial charge in [-0.05, 0) is 46.2 Å². The molecule has 0 aromatic rings. The maximum atomic E-state index is 5.60. The van der Waals surface area contributed by atoms with E-state index in [0.717, 1.165) is 19.7 Å². The number of rotatable bonds is 7. The second kappa shape index (κ2) is 8.04. The SMILES string of the molecule is CCCNC1CCCN(CCOC(C)C)C1. The average molecular weight is 228 g/mol. The molecule has 0 saturated carbocycles. The normalized spacial score (nSPS) is 22.9. The zero-order valence-electron chi connectivity index (χ0n) is 11.2. The van der Waals surface area contributed by atoms with Gasteiger partial charge in [-0.25, -0.2) is 0 Å². The fourth-order valence-electron chi connectivity index (χ4n) is 2.19. The monoisotopic (exact) mass is 228 g/mol. The Bertz CT molecular complexity index is 173. The van der Waals surface area contributed by atoms with E-state index < -0.39 is 0 Å². The van der Waals surface area contributed by atoms with Crippen LogP contribution in [0.15, 0.2) is 0 Å². The third kappa shape index (κ3) is 5.83. The topological polar surface area (TPSA) is 24.5 Å². The molecule has 3 nitrogen and oxygen atoms in total. The lowest BCUT2D eigenvalue weighted by atomic mass is 10.1. The quantitative estimate of drug-likeness (QED) is 0.720. The number of hydrogen-bond acceptors (Lipinski definition) is 3. The molecular weight excluding hydrogens is 200 g/mol. The molecule has 3 heteroatoms. The van der Waals surface area contributed by atoms with Crippen molar-refractivity contribution >= 4 is 0 Å². The fourth-order valence-corrected chi connectivity index (χ4v) is 2.19. The van der Waals surface area contributed by atoms with Gasteiger partial charge in [-0.2, -0.15) is 0 Å². The second-order valence-electron chi connectivity index (χ2n) is 5.01. The van der Waals surface area contributed by atoms with Gasteiger partial charge in [0.1, 0.15) is 0 Å². The number of nitrogens with one attached hydrogen (secondary N) is 1. The molecule has 0 aliphatic carbocycles. The van der Waals surface area contributed by atoms with Crippen molar-refractivity contribution in [2.24, 2.45) is 0 Å². The maximum Gasteiger partial charge on any atom is 0.0596 e. The zero-order chi connectivity index (χ0) is 11.8. The Hall–Kier alpha value is -0.120. The van der Waals surface area contributed by atoms with Crippen LogP contribution in [-0.2, 0) is 4.74 Å². The van der Waals surface area contributed by atoms with Gasteiger partial charge in [0.25, 0.3) is 0 Å².